The number of hydrogen-bond donors (Lipinski definition) is 0. The van der Waals surface area contributed by atoms with Gasteiger partial charge in [-0.3, -0.25) is 9.59 Å². The lowest BCUT2D eigenvalue weighted by Gasteiger charge is -2.15. The van der Waals surface area contributed by atoms with Crippen molar-refractivity contribution >= 4 is 11.7 Å². The van der Waals surface area contributed by atoms with Gasteiger partial charge in [-0.2, -0.15) is 0 Å². The van der Waals surface area contributed by atoms with Gasteiger partial charge in [0, 0.05) is 18.5 Å². The van der Waals surface area contributed by atoms with Crippen LogP contribution in [0.15, 0.2) is 24.3 Å². The molecule has 0 aliphatic carbocycles. The van der Waals surface area contributed by atoms with Crippen molar-refractivity contribution in [2.24, 2.45) is 5.92 Å². The van der Waals surface area contributed by atoms with Crippen LogP contribution in [0.3, 0.4) is 0 Å². The Balaban J connectivity index is 1.98. The molecule has 2 rings (SSSR count). The van der Waals surface area contributed by atoms with E-state index in [4.69, 9.17) is 0 Å². The van der Waals surface area contributed by atoms with Crippen molar-refractivity contribution in [3.05, 3.63) is 35.4 Å². The number of rotatable bonds is 5. The molecule has 1 aliphatic rings. The van der Waals surface area contributed by atoms with E-state index < -0.39 is 0 Å². The molecule has 0 radical (unpaired) electrons. The molecule has 0 N–H and O–H groups in total. The highest BCUT2D eigenvalue weighted by Crippen LogP contribution is 2.20. The van der Waals surface area contributed by atoms with E-state index in [1.54, 1.807) is 4.90 Å². The number of carbonyl (C=O) groups is 2. The molecule has 0 spiro atoms. The molecule has 3 heteroatoms. The Bertz CT molecular complexity index is 464. The number of amides is 1. The summed E-state index contributed by atoms with van der Waals surface area (Å²) < 4.78 is 0. The first-order valence-electron chi connectivity index (χ1n) is 7.04. The predicted octanol–water partition coefficient (Wildman–Crippen LogP) is 2.69. The quantitative estimate of drug-likeness (QED) is 0.762. The molecular weight excluding hydrogens is 238 g/mol. The minimum Gasteiger partial charge on any atom is -0.335 e. The fourth-order valence-electron chi connectivity index (χ4n) is 2.47. The number of nitrogens with zero attached hydrogens (tertiary/aromatic N) is 1. The second-order valence-corrected chi connectivity index (χ2v) is 5.23. The van der Waals surface area contributed by atoms with Gasteiger partial charge in [-0.05, 0) is 17.9 Å². The number of ketones is 1. The summed E-state index contributed by atoms with van der Waals surface area (Å²) in [5.41, 5.74) is 1.92. The van der Waals surface area contributed by atoms with Gasteiger partial charge in [0.05, 0.1) is 6.54 Å². The van der Waals surface area contributed by atoms with Crippen LogP contribution in [0.4, 0.5) is 0 Å². The lowest BCUT2D eigenvalue weighted by atomic mass is 10.1. The van der Waals surface area contributed by atoms with Crippen LogP contribution in [0.25, 0.3) is 0 Å². The van der Waals surface area contributed by atoms with Gasteiger partial charge in [0.2, 0.25) is 5.91 Å². The van der Waals surface area contributed by atoms with Gasteiger partial charge >= 0.3 is 0 Å². The number of carbonyl (C=O) groups excluding carboxylic acids is 2. The fourth-order valence-corrected chi connectivity index (χ4v) is 2.47. The summed E-state index contributed by atoms with van der Waals surface area (Å²) in [4.78, 5) is 25.6. The van der Waals surface area contributed by atoms with E-state index in [1.165, 1.54) is 5.56 Å². The molecule has 1 atom stereocenters. The van der Waals surface area contributed by atoms with Crippen molar-refractivity contribution in [3.8, 4) is 0 Å². The van der Waals surface area contributed by atoms with E-state index in [2.05, 4.69) is 13.8 Å². The van der Waals surface area contributed by atoms with Crippen molar-refractivity contribution in [2.45, 2.75) is 33.1 Å². The highest BCUT2D eigenvalue weighted by Gasteiger charge is 2.29. The lowest BCUT2D eigenvalue weighted by Crippen LogP contribution is -2.31. The van der Waals surface area contributed by atoms with Gasteiger partial charge in [-0.1, -0.05) is 44.5 Å². The summed E-state index contributed by atoms with van der Waals surface area (Å²) in [6, 6.07) is 7.68. The predicted molar refractivity (Wildman–Crippen MR) is 75.1 cm³/mol. The molecule has 1 fully saturated rings. The summed E-state index contributed by atoms with van der Waals surface area (Å²) in [5, 5.41) is 0. The Hall–Kier alpha value is -1.64. The van der Waals surface area contributed by atoms with Crippen LogP contribution < -0.4 is 0 Å². The van der Waals surface area contributed by atoms with E-state index in [-0.39, 0.29) is 18.2 Å². The standard InChI is InChI=1S/C16H21NO2/c1-3-12-5-7-14(8-6-12)15(18)11-17-10-13(4-2)9-16(17)19/h5-8,13H,3-4,9-11H2,1-2H3. The maximum absolute atomic E-state index is 12.1. The normalized spacial score (nSPS) is 18.9. The second-order valence-electron chi connectivity index (χ2n) is 5.23. The van der Waals surface area contributed by atoms with Gasteiger partial charge in [-0.15, -0.1) is 0 Å². The molecule has 0 saturated carbocycles. The highest BCUT2D eigenvalue weighted by molar-refractivity contribution is 5.99. The van der Waals surface area contributed by atoms with Crippen LogP contribution in [-0.4, -0.2) is 29.7 Å². The number of likely N-dealkylation sites (tertiary alicyclic amines) is 1. The van der Waals surface area contributed by atoms with Crippen LogP contribution in [0.2, 0.25) is 0 Å². The number of benzene rings is 1. The van der Waals surface area contributed by atoms with Crippen LogP contribution in [0, 0.1) is 5.92 Å². The first kappa shape index (κ1) is 13.8. The van der Waals surface area contributed by atoms with Gasteiger partial charge in [0.1, 0.15) is 0 Å². The van der Waals surface area contributed by atoms with Crippen molar-refractivity contribution in [1.82, 2.24) is 4.90 Å². The lowest BCUT2D eigenvalue weighted by molar-refractivity contribution is -0.127. The average Bonchev–Trinajstić information content (AvgIpc) is 2.79. The Morgan fingerprint density at radius 1 is 1.26 bits per heavy atom. The first-order valence-corrected chi connectivity index (χ1v) is 7.04. The highest BCUT2D eigenvalue weighted by atomic mass is 16.2. The van der Waals surface area contributed by atoms with E-state index in [1.807, 2.05) is 24.3 Å². The van der Waals surface area contributed by atoms with Crippen molar-refractivity contribution in [2.75, 3.05) is 13.1 Å². The third-order valence-electron chi connectivity index (χ3n) is 3.89. The van der Waals surface area contributed by atoms with E-state index in [0.717, 1.165) is 19.4 Å². The zero-order valence-corrected chi connectivity index (χ0v) is 11.7. The summed E-state index contributed by atoms with van der Waals surface area (Å²) in [6.45, 7) is 5.13. The van der Waals surface area contributed by atoms with Crippen LogP contribution in [0.5, 0.6) is 0 Å². The summed E-state index contributed by atoms with van der Waals surface area (Å²) in [5.74, 6) is 0.570. The van der Waals surface area contributed by atoms with Gasteiger partial charge < -0.3 is 4.90 Å². The summed E-state index contributed by atoms with van der Waals surface area (Å²) >= 11 is 0. The molecular formula is C16H21NO2. The van der Waals surface area contributed by atoms with Crippen molar-refractivity contribution in [1.29, 1.82) is 0 Å². The summed E-state index contributed by atoms with van der Waals surface area (Å²) in [7, 11) is 0. The number of hydrogen-bond acceptors (Lipinski definition) is 2. The van der Waals surface area contributed by atoms with E-state index in [0.29, 0.717) is 17.9 Å². The average molecular weight is 259 g/mol. The maximum Gasteiger partial charge on any atom is 0.223 e. The van der Waals surface area contributed by atoms with Gasteiger partial charge in [0.15, 0.2) is 5.78 Å². The Morgan fingerprint density at radius 2 is 1.95 bits per heavy atom. The third-order valence-corrected chi connectivity index (χ3v) is 3.89. The molecule has 3 nitrogen and oxygen atoms in total. The van der Waals surface area contributed by atoms with E-state index >= 15 is 0 Å². The van der Waals surface area contributed by atoms with Crippen LogP contribution in [-0.2, 0) is 11.2 Å². The SMILES string of the molecule is CCc1ccc(C(=O)CN2CC(CC)CC2=O)cc1. The van der Waals surface area contributed by atoms with E-state index in [9.17, 15) is 9.59 Å². The summed E-state index contributed by atoms with van der Waals surface area (Å²) in [6.07, 6.45) is 2.57. The molecule has 102 valence electrons. The molecule has 0 aromatic heterocycles. The van der Waals surface area contributed by atoms with Gasteiger partial charge in [0.25, 0.3) is 0 Å². The second kappa shape index (κ2) is 6.00. The molecule has 19 heavy (non-hydrogen) atoms. The van der Waals surface area contributed by atoms with Crippen LogP contribution in [0.1, 0.15) is 42.6 Å². The Labute approximate surface area is 114 Å². The van der Waals surface area contributed by atoms with Crippen molar-refractivity contribution < 1.29 is 9.59 Å². The zero-order valence-electron chi connectivity index (χ0n) is 11.7. The number of aryl methyl sites for hydroxylation is 1. The topological polar surface area (TPSA) is 37.4 Å². The minimum atomic E-state index is 0.0350. The maximum atomic E-state index is 12.1. The fraction of sp³-hybridized carbons (Fsp3) is 0.500. The monoisotopic (exact) mass is 259 g/mol. The smallest absolute Gasteiger partial charge is 0.223 e. The number of Topliss-reactive ketones (excluding diaryl/α,β-unsaturated/α-hetero) is 1. The van der Waals surface area contributed by atoms with Gasteiger partial charge in [-0.25, -0.2) is 0 Å². The molecule has 1 aliphatic heterocycles. The Morgan fingerprint density at radius 3 is 2.47 bits per heavy atom. The molecule has 1 aromatic rings. The first-order chi connectivity index (χ1) is 9.13. The zero-order chi connectivity index (χ0) is 13.8. The largest absolute Gasteiger partial charge is 0.335 e. The molecule has 1 amide bonds. The molecule has 1 aromatic carbocycles. The third kappa shape index (κ3) is 3.22. The molecule has 1 heterocycles. The molecule has 1 saturated heterocycles. The van der Waals surface area contributed by atoms with Crippen molar-refractivity contribution in [3.63, 3.8) is 0 Å². The molecule has 1 unspecified atom stereocenters. The van der Waals surface area contributed by atoms with Crippen LogP contribution >= 0.6 is 0 Å². The Kier molecular flexibility index (Phi) is 4.35. The minimum absolute atomic E-state index is 0.0350. The molecule has 0 bridgehead atoms.